The van der Waals surface area contributed by atoms with E-state index >= 15 is 0 Å². The average Bonchev–Trinajstić information content (AvgIpc) is 3.11. The monoisotopic (exact) mass is 378 g/mol. The summed E-state index contributed by atoms with van der Waals surface area (Å²) >= 11 is 0. The Hall–Kier alpha value is -1.89. The van der Waals surface area contributed by atoms with Gasteiger partial charge in [-0.2, -0.15) is 0 Å². The first-order chi connectivity index (χ1) is 13.0. The standard InChI is InChI=1S/C20H34N4O3/c1-5-7-8-19(26)27-17(20-21-11-14-23(20)4)15-18(25)24-12-9-16(10-13-24)22(3)6-2/h11,14,16-17H,5-10,12-13,15H2,1-4H3. The number of imidazole rings is 1. The van der Waals surface area contributed by atoms with Crippen molar-refractivity contribution in [1.29, 1.82) is 0 Å². The van der Waals surface area contributed by atoms with Crippen molar-refractivity contribution in [3.05, 3.63) is 18.2 Å². The first-order valence-electron chi connectivity index (χ1n) is 10.1. The molecule has 0 N–H and O–H groups in total. The second-order valence-electron chi connectivity index (χ2n) is 7.37. The molecular weight excluding hydrogens is 344 g/mol. The van der Waals surface area contributed by atoms with Gasteiger partial charge in [0.2, 0.25) is 5.91 Å². The van der Waals surface area contributed by atoms with Gasteiger partial charge in [-0.15, -0.1) is 0 Å². The Labute approximate surface area is 162 Å². The number of hydrogen-bond acceptors (Lipinski definition) is 5. The molecule has 1 aromatic rings. The zero-order chi connectivity index (χ0) is 19.8. The molecule has 2 heterocycles. The SMILES string of the molecule is CCCCC(=O)OC(CC(=O)N1CCC(N(C)CC)CC1)c1nccn1C. The summed E-state index contributed by atoms with van der Waals surface area (Å²) in [5.74, 6) is 0.388. The Kier molecular flexibility index (Phi) is 8.28. The van der Waals surface area contributed by atoms with E-state index in [2.05, 4.69) is 23.9 Å². The highest BCUT2D eigenvalue weighted by Gasteiger charge is 2.29. The van der Waals surface area contributed by atoms with Crippen LogP contribution in [0.25, 0.3) is 0 Å². The number of nitrogens with zero attached hydrogens (tertiary/aromatic N) is 4. The summed E-state index contributed by atoms with van der Waals surface area (Å²) in [6.45, 7) is 6.72. The van der Waals surface area contributed by atoms with Crippen LogP contribution in [0.2, 0.25) is 0 Å². The summed E-state index contributed by atoms with van der Waals surface area (Å²) < 4.78 is 7.45. The van der Waals surface area contributed by atoms with Crippen molar-refractivity contribution in [3.8, 4) is 0 Å². The molecule has 1 aliphatic rings. The molecule has 1 fully saturated rings. The van der Waals surface area contributed by atoms with Crippen LogP contribution in [0, 0.1) is 0 Å². The molecule has 0 bridgehead atoms. The van der Waals surface area contributed by atoms with Crippen LogP contribution in [-0.4, -0.2) is 64.0 Å². The van der Waals surface area contributed by atoms with Crippen LogP contribution in [0.4, 0.5) is 0 Å². The van der Waals surface area contributed by atoms with Gasteiger partial charge < -0.3 is 19.1 Å². The van der Waals surface area contributed by atoms with Crippen molar-refractivity contribution in [1.82, 2.24) is 19.4 Å². The van der Waals surface area contributed by atoms with Crippen molar-refractivity contribution in [2.75, 3.05) is 26.7 Å². The van der Waals surface area contributed by atoms with Gasteiger partial charge in [0.05, 0.1) is 6.42 Å². The number of hydrogen-bond donors (Lipinski definition) is 0. The Morgan fingerprint density at radius 3 is 2.59 bits per heavy atom. The zero-order valence-electron chi connectivity index (χ0n) is 17.2. The van der Waals surface area contributed by atoms with E-state index < -0.39 is 6.10 Å². The number of aryl methyl sites for hydroxylation is 1. The minimum atomic E-state index is -0.627. The van der Waals surface area contributed by atoms with Gasteiger partial charge in [0.25, 0.3) is 0 Å². The number of rotatable bonds is 9. The van der Waals surface area contributed by atoms with Crippen LogP contribution < -0.4 is 0 Å². The highest BCUT2D eigenvalue weighted by Crippen LogP contribution is 2.23. The zero-order valence-corrected chi connectivity index (χ0v) is 17.2. The molecule has 0 radical (unpaired) electrons. The molecule has 0 saturated carbocycles. The van der Waals surface area contributed by atoms with E-state index in [-0.39, 0.29) is 18.3 Å². The summed E-state index contributed by atoms with van der Waals surface area (Å²) in [5.41, 5.74) is 0. The van der Waals surface area contributed by atoms with Crippen LogP contribution >= 0.6 is 0 Å². The number of carbonyl (C=O) groups excluding carboxylic acids is 2. The molecule has 152 valence electrons. The second-order valence-corrected chi connectivity index (χ2v) is 7.37. The fourth-order valence-electron chi connectivity index (χ4n) is 3.51. The maximum Gasteiger partial charge on any atom is 0.306 e. The third kappa shape index (κ3) is 6.06. The lowest BCUT2D eigenvalue weighted by atomic mass is 10.0. The first kappa shape index (κ1) is 21.4. The maximum absolute atomic E-state index is 12.8. The van der Waals surface area contributed by atoms with Gasteiger partial charge >= 0.3 is 5.97 Å². The number of piperidine rings is 1. The molecular formula is C20H34N4O3. The predicted molar refractivity (Wildman–Crippen MR) is 104 cm³/mol. The van der Waals surface area contributed by atoms with Crippen LogP contribution in [0.5, 0.6) is 0 Å². The third-order valence-corrected chi connectivity index (χ3v) is 5.45. The van der Waals surface area contributed by atoms with Crippen molar-refractivity contribution in [2.45, 2.75) is 64.5 Å². The van der Waals surface area contributed by atoms with Gasteiger partial charge in [0.15, 0.2) is 6.10 Å². The molecule has 27 heavy (non-hydrogen) atoms. The van der Waals surface area contributed by atoms with E-state index in [1.807, 2.05) is 23.4 Å². The number of amides is 1. The molecule has 0 aromatic carbocycles. The van der Waals surface area contributed by atoms with Crippen molar-refractivity contribution < 1.29 is 14.3 Å². The molecule has 1 aromatic heterocycles. The second kappa shape index (κ2) is 10.4. The molecule has 1 atom stereocenters. The summed E-state index contributed by atoms with van der Waals surface area (Å²) in [7, 11) is 3.99. The number of unbranched alkanes of at least 4 members (excludes halogenated alkanes) is 1. The Morgan fingerprint density at radius 2 is 2.04 bits per heavy atom. The lowest BCUT2D eigenvalue weighted by Crippen LogP contribution is -2.45. The van der Waals surface area contributed by atoms with Gasteiger partial charge in [-0.1, -0.05) is 20.3 Å². The summed E-state index contributed by atoms with van der Waals surface area (Å²) in [4.78, 5) is 33.5. The lowest BCUT2D eigenvalue weighted by Gasteiger charge is -2.36. The largest absolute Gasteiger partial charge is 0.454 e. The highest BCUT2D eigenvalue weighted by atomic mass is 16.5. The van der Waals surface area contributed by atoms with Crippen molar-refractivity contribution >= 4 is 11.9 Å². The molecule has 1 aliphatic heterocycles. The van der Waals surface area contributed by atoms with Gasteiger partial charge in [0.1, 0.15) is 5.82 Å². The molecule has 1 saturated heterocycles. The number of likely N-dealkylation sites (tertiary alicyclic amines) is 1. The van der Waals surface area contributed by atoms with E-state index in [0.717, 1.165) is 45.3 Å². The molecule has 1 amide bonds. The van der Waals surface area contributed by atoms with Crippen molar-refractivity contribution in [3.63, 3.8) is 0 Å². The number of esters is 1. The summed E-state index contributed by atoms with van der Waals surface area (Å²) in [6.07, 6.45) is 7.06. The summed E-state index contributed by atoms with van der Waals surface area (Å²) in [6, 6.07) is 0.538. The quantitative estimate of drug-likeness (QED) is 0.618. The molecule has 0 aliphatic carbocycles. The normalized spacial score (nSPS) is 16.6. The summed E-state index contributed by atoms with van der Waals surface area (Å²) in [5, 5.41) is 0. The highest BCUT2D eigenvalue weighted by molar-refractivity contribution is 5.77. The topological polar surface area (TPSA) is 67.7 Å². The molecule has 7 heteroatoms. The number of ether oxygens (including phenoxy) is 1. The maximum atomic E-state index is 12.8. The molecule has 2 rings (SSSR count). The van der Waals surface area contributed by atoms with Gasteiger partial charge in [-0.05, 0) is 32.9 Å². The van der Waals surface area contributed by atoms with Gasteiger partial charge in [-0.25, -0.2) is 4.98 Å². The molecule has 0 spiro atoms. The van der Waals surface area contributed by atoms with E-state index in [9.17, 15) is 9.59 Å². The predicted octanol–water partition coefficient (Wildman–Crippen LogP) is 2.53. The third-order valence-electron chi connectivity index (χ3n) is 5.45. The fraction of sp³-hybridized carbons (Fsp3) is 0.750. The van der Waals surface area contributed by atoms with Crippen LogP contribution in [0.15, 0.2) is 12.4 Å². The molecule has 7 nitrogen and oxygen atoms in total. The Morgan fingerprint density at radius 1 is 1.33 bits per heavy atom. The van der Waals surface area contributed by atoms with Crippen LogP contribution in [-0.2, 0) is 21.4 Å². The number of carbonyl (C=O) groups is 2. The number of aromatic nitrogens is 2. The minimum absolute atomic E-state index is 0.0314. The molecule has 1 unspecified atom stereocenters. The van der Waals surface area contributed by atoms with E-state index in [1.54, 1.807) is 12.4 Å². The van der Waals surface area contributed by atoms with Crippen LogP contribution in [0.3, 0.4) is 0 Å². The minimum Gasteiger partial charge on any atom is -0.454 e. The Bertz CT molecular complexity index is 608. The van der Waals surface area contributed by atoms with Crippen molar-refractivity contribution in [2.24, 2.45) is 7.05 Å². The average molecular weight is 379 g/mol. The fourth-order valence-corrected chi connectivity index (χ4v) is 3.51. The van der Waals surface area contributed by atoms with E-state index in [4.69, 9.17) is 4.74 Å². The van der Waals surface area contributed by atoms with Gasteiger partial charge in [-0.3, -0.25) is 9.59 Å². The van der Waals surface area contributed by atoms with E-state index in [0.29, 0.717) is 18.3 Å². The smallest absolute Gasteiger partial charge is 0.306 e. The van der Waals surface area contributed by atoms with Gasteiger partial charge in [0, 0.05) is 45.0 Å². The lowest BCUT2D eigenvalue weighted by molar-refractivity contribution is -0.153. The first-order valence-corrected chi connectivity index (χ1v) is 10.1. The van der Waals surface area contributed by atoms with E-state index in [1.165, 1.54) is 0 Å². The van der Waals surface area contributed by atoms with Crippen LogP contribution in [0.1, 0.15) is 64.3 Å². The Balaban J connectivity index is 1.97.